The van der Waals surface area contributed by atoms with Crippen molar-refractivity contribution in [2.24, 2.45) is 0 Å². The summed E-state index contributed by atoms with van der Waals surface area (Å²) in [6.45, 7) is 0. The maximum Gasteiger partial charge on any atom is 1.00 e. The summed E-state index contributed by atoms with van der Waals surface area (Å²) in [5.41, 5.74) is 0.918. The van der Waals surface area contributed by atoms with Crippen LogP contribution in [0.25, 0.3) is 0 Å². The van der Waals surface area contributed by atoms with Crippen LogP contribution in [0.4, 0.5) is 34.9 Å². The molecule has 204 valence electrons. The second kappa shape index (κ2) is 15.7. The van der Waals surface area contributed by atoms with E-state index in [0.29, 0.717) is 17.1 Å². The number of hydrogen-bond donors (Lipinski definition) is 3. The monoisotopic (exact) mass is 660 g/mol. The number of anilines is 6. The molecule has 1 heterocycles. The number of rotatable bonds is 9. The Morgan fingerprint density at radius 2 is 0.595 bits per heavy atom. The molecule has 0 saturated carbocycles. The van der Waals surface area contributed by atoms with Crippen molar-refractivity contribution in [3.05, 3.63) is 72.8 Å². The number of benzene rings is 3. The Hall–Kier alpha value is -1.20. The van der Waals surface area contributed by atoms with Crippen molar-refractivity contribution < 1.29 is 128 Å². The average molecular weight is 661 g/mol. The normalized spacial score (nSPS) is 11.2. The van der Waals surface area contributed by atoms with Crippen LogP contribution < -0.4 is 105 Å². The van der Waals surface area contributed by atoms with E-state index in [1.165, 1.54) is 36.4 Å². The van der Waals surface area contributed by atoms with Crippen molar-refractivity contribution in [1.82, 2.24) is 15.0 Å². The molecule has 4 rings (SSSR count). The molecule has 0 unspecified atom stereocenters. The Bertz CT molecular complexity index is 1620. The molecule has 0 atom stereocenters. The van der Waals surface area contributed by atoms with Crippen molar-refractivity contribution in [3.63, 3.8) is 0 Å². The van der Waals surface area contributed by atoms with Crippen LogP contribution >= 0.6 is 0 Å². The van der Waals surface area contributed by atoms with E-state index in [1.54, 1.807) is 0 Å². The first-order chi connectivity index (χ1) is 18.2. The van der Waals surface area contributed by atoms with E-state index in [2.05, 4.69) is 30.9 Å². The molecule has 0 radical (unpaired) electrons. The third kappa shape index (κ3) is 11.1. The fraction of sp³-hybridized carbons (Fsp3) is 0. The SMILES string of the molecule is O=S(=O)([O-])c1ccc(Nc2nc(Nc3ccc(S(=O)(=O)[O-])cc3)nc(Nc3ccc(S(=O)(=O)[O-])cc3)n2)cc1.[Na+].[Na+].[Na+]. The first kappa shape index (κ1) is 38.8. The molecule has 0 aliphatic heterocycles. The summed E-state index contributed by atoms with van der Waals surface area (Å²) in [4.78, 5) is 11.2. The van der Waals surface area contributed by atoms with E-state index in [9.17, 15) is 38.9 Å². The van der Waals surface area contributed by atoms with Gasteiger partial charge in [0.15, 0.2) is 0 Å². The molecule has 0 fully saturated rings. The van der Waals surface area contributed by atoms with Gasteiger partial charge in [0, 0.05) is 17.1 Å². The van der Waals surface area contributed by atoms with Crippen LogP contribution in [0, 0.1) is 0 Å². The fourth-order valence-corrected chi connectivity index (χ4v) is 4.45. The van der Waals surface area contributed by atoms with Gasteiger partial charge in [-0.3, -0.25) is 0 Å². The Labute approximate surface area is 307 Å². The molecule has 0 aliphatic rings. The maximum atomic E-state index is 11.2. The zero-order valence-corrected chi connectivity index (χ0v) is 30.6. The summed E-state index contributed by atoms with van der Waals surface area (Å²) in [5, 5.41) is 8.44. The summed E-state index contributed by atoms with van der Waals surface area (Å²) < 4.78 is 100. The van der Waals surface area contributed by atoms with E-state index in [-0.39, 0.29) is 107 Å². The standard InChI is InChI=1S/C21H18N6O9S3.3Na/c28-37(29,30)16-7-1-13(2-8-16)22-19-25-20(23-14-3-9-17(10-4-14)38(31,32)33)27-21(26-19)24-15-5-11-18(12-6-15)39(34,35)36;;;/h1-12H,(H,28,29,30)(H,31,32,33)(H,34,35,36)(H3,22,23,24,25,26,27);;;/q;3*+1/p-3. The summed E-state index contributed by atoms with van der Waals surface area (Å²) in [6, 6.07) is 14.3. The molecular weight excluding hydrogens is 645 g/mol. The maximum absolute atomic E-state index is 11.2. The smallest absolute Gasteiger partial charge is 0.744 e. The molecule has 3 aromatic carbocycles. The average Bonchev–Trinajstić information content (AvgIpc) is 2.83. The van der Waals surface area contributed by atoms with Gasteiger partial charge in [-0.25, -0.2) is 25.3 Å². The van der Waals surface area contributed by atoms with E-state index in [0.717, 1.165) is 36.4 Å². The van der Waals surface area contributed by atoms with Crippen LogP contribution in [-0.2, 0) is 30.4 Å². The van der Waals surface area contributed by atoms with Crippen molar-refractivity contribution in [3.8, 4) is 0 Å². The van der Waals surface area contributed by atoms with Crippen LogP contribution in [0.1, 0.15) is 0 Å². The molecule has 0 aliphatic carbocycles. The topological polar surface area (TPSA) is 246 Å². The van der Waals surface area contributed by atoms with Gasteiger partial charge in [-0.15, -0.1) is 0 Å². The van der Waals surface area contributed by atoms with E-state index >= 15 is 0 Å². The molecule has 0 spiro atoms. The van der Waals surface area contributed by atoms with Crippen LogP contribution in [0.3, 0.4) is 0 Å². The van der Waals surface area contributed by atoms with Gasteiger partial charge in [-0.05, 0) is 72.8 Å². The molecule has 21 heteroatoms. The third-order valence-electron chi connectivity index (χ3n) is 4.83. The zero-order valence-electron chi connectivity index (χ0n) is 22.2. The van der Waals surface area contributed by atoms with Gasteiger partial charge in [0.25, 0.3) is 0 Å². The Balaban J connectivity index is 0.00000294. The summed E-state index contributed by atoms with van der Waals surface area (Å²) >= 11 is 0. The minimum atomic E-state index is -4.65. The second-order valence-corrected chi connectivity index (χ2v) is 11.8. The first-order valence-electron chi connectivity index (χ1n) is 10.4. The molecule has 1 aromatic heterocycles. The Morgan fingerprint density at radius 1 is 0.405 bits per heavy atom. The summed E-state index contributed by atoms with van der Waals surface area (Å²) in [6.07, 6.45) is 0. The van der Waals surface area contributed by atoms with Crippen molar-refractivity contribution in [2.75, 3.05) is 16.0 Å². The molecule has 15 nitrogen and oxygen atoms in total. The fourth-order valence-electron chi connectivity index (χ4n) is 3.05. The molecule has 42 heavy (non-hydrogen) atoms. The predicted molar refractivity (Wildman–Crippen MR) is 133 cm³/mol. The quantitative estimate of drug-likeness (QED) is 0.111. The van der Waals surface area contributed by atoms with Crippen molar-refractivity contribution in [1.29, 1.82) is 0 Å². The summed E-state index contributed by atoms with van der Waals surface area (Å²) in [5.74, 6) is -0.194. The number of nitrogens with one attached hydrogen (secondary N) is 3. The van der Waals surface area contributed by atoms with Crippen molar-refractivity contribution >= 4 is 65.3 Å². The Kier molecular flexibility index (Phi) is 14.5. The minimum Gasteiger partial charge on any atom is -0.744 e. The van der Waals surface area contributed by atoms with E-state index in [4.69, 9.17) is 0 Å². The van der Waals surface area contributed by atoms with Gasteiger partial charge in [-0.2, -0.15) is 15.0 Å². The zero-order chi connectivity index (χ0) is 28.4. The number of nitrogens with zero attached hydrogens (tertiary/aromatic N) is 3. The van der Waals surface area contributed by atoms with Crippen LogP contribution in [0.2, 0.25) is 0 Å². The van der Waals surface area contributed by atoms with Gasteiger partial charge in [0.2, 0.25) is 17.8 Å². The van der Waals surface area contributed by atoms with E-state index < -0.39 is 45.0 Å². The van der Waals surface area contributed by atoms with Crippen LogP contribution in [0.5, 0.6) is 0 Å². The Morgan fingerprint density at radius 3 is 0.762 bits per heavy atom. The van der Waals surface area contributed by atoms with Crippen molar-refractivity contribution in [2.45, 2.75) is 14.7 Å². The number of hydrogen-bond acceptors (Lipinski definition) is 15. The summed E-state index contributed by atoms with van der Waals surface area (Å²) in [7, 11) is -14.0. The molecule has 0 saturated heterocycles. The largest absolute Gasteiger partial charge is 1.00 e. The first-order valence-corrected chi connectivity index (χ1v) is 14.6. The third-order valence-corrected chi connectivity index (χ3v) is 7.38. The van der Waals surface area contributed by atoms with Gasteiger partial charge in [0.05, 0.1) is 14.7 Å². The van der Waals surface area contributed by atoms with Gasteiger partial charge in [-0.1, -0.05) is 0 Å². The number of aromatic nitrogens is 3. The van der Waals surface area contributed by atoms with Crippen LogP contribution in [0.15, 0.2) is 87.5 Å². The molecule has 0 amide bonds. The van der Waals surface area contributed by atoms with Crippen LogP contribution in [-0.4, -0.2) is 53.9 Å². The van der Waals surface area contributed by atoms with Gasteiger partial charge >= 0.3 is 88.7 Å². The second-order valence-electron chi connectivity index (χ2n) is 7.62. The minimum absolute atomic E-state index is 0. The molecule has 3 N–H and O–H groups in total. The molecule has 4 aromatic rings. The van der Waals surface area contributed by atoms with E-state index in [1.807, 2.05) is 0 Å². The predicted octanol–water partition coefficient (Wildman–Crippen LogP) is -7.17. The van der Waals surface area contributed by atoms with Gasteiger partial charge in [0.1, 0.15) is 30.4 Å². The molecular formula is C21H15N6Na3O9S3. The van der Waals surface area contributed by atoms with Gasteiger partial charge < -0.3 is 29.6 Å². The molecule has 0 bridgehead atoms.